The third kappa shape index (κ3) is 7.42. The van der Waals surface area contributed by atoms with Crippen molar-refractivity contribution >= 4 is 29.8 Å². The van der Waals surface area contributed by atoms with Gasteiger partial charge >= 0.3 is 29.8 Å². The van der Waals surface area contributed by atoms with Crippen molar-refractivity contribution in [3.8, 4) is 6.07 Å². The zero-order valence-corrected chi connectivity index (χ0v) is 32.3. The Bertz CT molecular complexity index is 1410. The molecule has 10 heteroatoms. The minimum absolute atomic E-state index is 0.0262. The molecule has 276 valence electrons. The second-order valence-corrected chi connectivity index (χ2v) is 18.9. The first-order chi connectivity index (χ1) is 22.1. The summed E-state index contributed by atoms with van der Waals surface area (Å²) in [5, 5.41) is 21.2. The topological polar surface area (TPSA) is 157 Å². The predicted octanol–water partition coefficient (Wildman–Crippen LogP) is 7.81. The molecule has 3 rings (SSSR count). The van der Waals surface area contributed by atoms with Crippen molar-refractivity contribution in [2.24, 2.45) is 49.7 Å². The van der Waals surface area contributed by atoms with Crippen molar-refractivity contribution in [3.63, 3.8) is 0 Å². The van der Waals surface area contributed by atoms with Gasteiger partial charge in [-0.1, -0.05) is 41.5 Å². The molecule has 1 heterocycles. The van der Waals surface area contributed by atoms with E-state index in [-0.39, 0.29) is 61.4 Å². The van der Waals surface area contributed by atoms with Crippen LogP contribution in [0.2, 0.25) is 0 Å². The van der Waals surface area contributed by atoms with Crippen molar-refractivity contribution in [1.82, 2.24) is 0 Å². The van der Waals surface area contributed by atoms with E-state index in [0.29, 0.717) is 5.92 Å². The van der Waals surface area contributed by atoms with E-state index in [0.717, 1.165) is 19.3 Å². The van der Waals surface area contributed by atoms with E-state index in [4.69, 9.17) is 14.2 Å². The number of ether oxygens (including phenoxy) is 3. The number of nitrogens with zero attached hydrogens (tertiary/aromatic N) is 1. The molecule has 49 heavy (non-hydrogen) atoms. The van der Waals surface area contributed by atoms with Gasteiger partial charge in [0.15, 0.2) is 0 Å². The van der Waals surface area contributed by atoms with E-state index >= 15 is 0 Å². The molecule has 0 aromatic carbocycles. The molecule has 1 N–H and O–H groups in total. The van der Waals surface area contributed by atoms with E-state index < -0.39 is 62.5 Å². The molecule has 7 unspecified atom stereocenters. The molecule has 7 atom stereocenters. The molecule has 1 saturated heterocycles. The maximum Gasteiger partial charge on any atom is 0.320 e. The number of fused-ring (bicyclic) bond motifs is 2. The van der Waals surface area contributed by atoms with E-state index in [2.05, 4.69) is 26.8 Å². The Kier molecular flexibility index (Phi) is 10.7. The second-order valence-electron chi connectivity index (χ2n) is 18.9. The lowest BCUT2D eigenvalue weighted by molar-refractivity contribution is -0.182. The number of rotatable bonds is 15. The van der Waals surface area contributed by atoms with Crippen LogP contribution in [0.15, 0.2) is 0 Å². The van der Waals surface area contributed by atoms with Gasteiger partial charge in [-0.2, -0.15) is 5.26 Å². The smallest absolute Gasteiger partial charge is 0.320 e. The van der Waals surface area contributed by atoms with Crippen LogP contribution >= 0.6 is 0 Å². The summed E-state index contributed by atoms with van der Waals surface area (Å²) in [6, 6.07) is 2.24. The van der Waals surface area contributed by atoms with Gasteiger partial charge in [0, 0.05) is 5.41 Å². The van der Waals surface area contributed by atoms with Crippen LogP contribution in [-0.4, -0.2) is 46.7 Å². The first-order valence-electron chi connectivity index (χ1n) is 17.9. The molecule has 1 aliphatic heterocycles. The number of carbonyl (C=O) groups is 5. The van der Waals surface area contributed by atoms with Crippen LogP contribution in [0.3, 0.4) is 0 Å². The van der Waals surface area contributed by atoms with Crippen molar-refractivity contribution in [2.75, 3.05) is 0 Å². The summed E-state index contributed by atoms with van der Waals surface area (Å²) in [6.07, 6.45) is 2.02. The van der Waals surface area contributed by atoms with Gasteiger partial charge in [0.05, 0.1) is 39.6 Å². The number of cyclic esters (lactones) is 2. The van der Waals surface area contributed by atoms with Crippen LogP contribution < -0.4 is 0 Å². The number of hydrogen-bond acceptors (Lipinski definition) is 9. The van der Waals surface area contributed by atoms with Gasteiger partial charge in [0.25, 0.3) is 0 Å². The molecular formula is C39H61NO9. The normalized spacial score (nSPS) is 30.1. The summed E-state index contributed by atoms with van der Waals surface area (Å²) in [6.45, 7) is 24.0. The fourth-order valence-corrected chi connectivity index (χ4v) is 9.28. The largest absolute Gasteiger partial charge is 0.481 e. The van der Waals surface area contributed by atoms with Crippen LogP contribution in [0.5, 0.6) is 0 Å². The molecule has 0 amide bonds. The molecule has 0 spiro atoms. The van der Waals surface area contributed by atoms with Crippen molar-refractivity contribution < 1.29 is 43.3 Å². The summed E-state index contributed by atoms with van der Waals surface area (Å²) in [5.74, 6) is -3.31. The summed E-state index contributed by atoms with van der Waals surface area (Å²) in [7, 11) is 0. The van der Waals surface area contributed by atoms with Crippen molar-refractivity contribution in [3.05, 3.63) is 0 Å². The van der Waals surface area contributed by atoms with Crippen molar-refractivity contribution in [2.45, 2.75) is 160 Å². The van der Waals surface area contributed by atoms with Gasteiger partial charge < -0.3 is 19.3 Å². The minimum Gasteiger partial charge on any atom is -0.481 e. The van der Waals surface area contributed by atoms with E-state index in [1.54, 1.807) is 48.5 Å². The highest BCUT2D eigenvalue weighted by atomic mass is 16.6. The number of nitriles is 1. The highest BCUT2D eigenvalue weighted by Gasteiger charge is 2.63. The van der Waals surface area contributed by atoms with E-state index in [1.165, 1.54) is 6.92 Å². The Hall–Kier alpha value is -2.96. The third-order valence-corrected chi connectivity index (χ3v) is 13.5. The summed E-state index contributed by atoms with van der Waals surface area (Å²) >= 11 is 0. The molecule has 2 bridgehead atoms. The zero-order valence-electron chi connectivity index (χ0n) is 32.3. The number of carboxylic acids is 1. The highest BCUT2D eigenvalue weighted by molar-refractivity contribution is 5.97. The summed E-state index contributed by atoms with van der Waals surface area (Å²) in [5.41, 5.74) is -8.04. The van der Waals surface area contributed by atoms with Gasteiger partial charge in [-0.3, -0.25) is 24.0 Å². The average molecular weight is 688 g/mol. The van der Waals surface area contributed by atoms with Gasteiger partial charge in [-0.05, 0) is 117 Å². The number of hydrogen-bond donors (Lipinski definition) is 1. The summed E-state index contributed by atoms with van der Waals surface area (Å²) in [4.78, 5) is 66.5. The molecular weight excluding hydrogens is 626 g/mol. The first kappa shape index (κ1) is 40.5. The summed E-state index contributed by atoms with van der Waals surface area (Å²) < 4.78 is 17.3. The SMILES string of the molecule is CCC1(CC(C)(C#N)CC(C)(CC(C)(CC(C)(C)C(=O)OC2CC3CCC2(C)C3(C)C)C(=O)OC(C)(C)C(C)C)C(=O)O)CC(=O)OC1=O. The third-order valence-electron chi connectivity index (χ3n) is 13.5. The Morgan fingerprint density at radius 1 is 0.980 bits per heavy atom. The number of aliphatic carboxylic acids is 1. The monoisotopic (exact) mass is 687 g/mol. The van der Waals surface area contributed by atoms with Crippen LogP contribution in [0.1, 0.15) is 148 Å². The zero-order chi connectivity index (χ0) is 37.8. The van der Waals surface area contributed by atoms with Crippen LogP contribution in [0.25, 0.3) is 0 Å². The molecule has 2 saturated carbocycles. The number of carbonyl (C=O) groups excluding carboxylic acids is 4. The molecule has 2 aliphatic carbocycles. The first-order valence-corrected chi connectivity index (χ1v) is 17.9. The van der Waals surface area contributed by atoms with Gasteiger partial charge in [0.2, 0.25) is 0 Å². The highest BCUT2D eigenvalue weighted by Crippen LogP contribution is 2.66. The Labute approximate surface area is 293 Å². The van der Waals surface area contributed by atoms with Crippen LogP contribution in [-0.2, 0) is 38.2 Å². The standard InChI is InChI=1S/C39H61NO9/c1-14-39(18-27(41)48-31(39)46)21-35(10,23-40)20-36(11,28(42)43)22-37(12,30(45)49-34(8,9)24(2)3)19-32(4,5)29(44)47-26-17-25-15-16-38(26,13)33(25,6)7/h24-26H,14-22H2,1-13H3,(H,42,43). The van der Waals surface area contributed by atoms with Gasteiger partial charge in [-0.25, -0.2) is 0 Å². The van der Waals surface area contributed by atoms with Crippen molar-refractivity contribution in [1.29, 1.82) is 5.26 Å². The number of esters is 4. The van der Waals surface area contributed by atoms with Gasteiger partial charge in [0.1, 0.15) is 11.7 Å². The Morgan fingerprint density at radius 3 is 1.98 bits per heavy atom. The second kappa shape index (κ2) is 13.0. The van der Waals surface area contributed by atoms with Crippen LogP contribution in [0.4, 0.5) is 0 Å². The Morgan fingerprint density at radius 2 is 1.57 bits per heavy atom. The lowest BCUT2D eigenvalue weighted by Crippen LogP contribution is -2.49. The van der Waals surface area contributed by atoms with E-state index in [1.807, 2.05) is 13.8 Å². The fraction of sp³-hybridized carbons (Fsp3) is 0.846. The number of carboxylic acid groups (broad SMARTS) is 1. The average Bonchev–Trinajstić information content (AvgIpc) is 3.44. The fourth-order valence-electron chi connectivity index (χ4n) is 9.28. The molecule has 0 radical (unpaired) electrons. The lowest BCUT2D eigenvalue weighted by Gasteiger charge is -2.44. The van der Waals surface area contributed by atoms with Crippen LogP contribution in [0, 0.1) is 61.1 Å². The van der Waals surface area contributed by atoms with Gasteiger partial charge in [-0.15, -0.1) is 0 Å². The molecule has 3 fully saturated rings. The maximum atomic E-state index is 14.3. The molecule has 0 aromatic rings. The lowest BCUT2D eigenvalue weighted by atomic mass is 9.59. The molecule has 10 nitrogen and oxygen atoms in total. The predicted molar refractivity (Wildman–Crippen MR) is 182 cm³/mol. The quantitative estimate of drug-likeness (QED) is 0.102. The Balaban J connectivity index is 1.99. The minimum atomic E-state index is -1.68. The van der Waals surface area contributed by atoms with E-state index in [9.17, 15) is 34.3 Å². The maximum absolute atomic E-state index is 14.3. The molecule has 0 aromatic heterocycles. The molecule has 3 aliphatic rings.